The number of hydrogen-bond acceptors (Lipinski definition) is 6. The highest BCUT2D eigenvalue weighted by Crippen LogP contribution is 2.42. The van der Waals surface area contributed by atoms with Crippen molar-refractivity contribution >= 4 is 15.9 Å². The van der Waals surface area contributed by atoms with Gasteiger partial charge < -0.3 is 14.8 Å². The first-order valence-corrected chi connectivity index (χ1v) is 11.5. The second-order valence-electron chi connectivity index (χ2n) is 7.57. The van der Waals surface area contributed by atoms with Crippen LogP contribution in [-0.4, -0.2) is 32.3 Å². The standard InChI is InChI=1S/C22H17F4N3O5S/c23-16-12-14(5-8-17(16)34-22(24,25)26)21(9-11-33-18-2-1-10-28-19(18)21)29-20(30)13-3-6-15(7-4-13)35(27,31)32/h1-8,10,12H,9,11H2,(H,29,30)(H2,27,31,32). The van der Waals surface area contributed by atoms with Crippen LogP contribution < -0.4 is 19.9 Å². The minimum Gasteiger partial charge on any atom is -0.491 e. The van der Waals surface area contributed by atoms with E-state index in [1.54, 1.807) is 12.1 Å². The molecule has 0 saturated heterocycles. The predicted molar refractivity (Wildman–Crippen MR) is 113 cm³/mol. The first kappa shape index (κ1) is 24.4. The van der Waals surface area contributed by atoms with Gasteiger partial charge in [0.15, 0.2) is 11.6 Å². The van der Waals surface area contributed by atoms with E-state index >= 15 is 0 Å². The average Bonchev–Trinajstić information content (AvgIpc) is 2.79. The molecule has 2 heterocycles. The highest BCUT2D eigenvalue weighted by Gasteiger charge is 2.43. The van der Waals surface area contributed by atoms with E-state index in [1.807, 2.05) is 0 Å². The van der Waals surface area contributed by atoms with Crippen molar-refractivity contribution in [1.82, 2.24) is 10.3 Å². The number of carbonyl (C=O) groups is 1. The highest BCUT2D eigenvalue weighted by molar-refractivity contribution is 7.89. The van der Waals surface area contributed by atoms with Crippen molar-refractivity contribution in [3.05, 3.63) is 83.4 Å². The molecular weight excluding hydrogens is 494 g/mol. The fourth-order valence-corrected chi connectivity index (χ4v) is 4.29. The van der Waals surface area contributed by atoms with E-state index in [4.69, 9.17) is 9.88 Å². The Morgan fingerprint density at radius 1 is 1.14 bits per heavy atom. The Kier molecular flexibility index (Phi) is 6.15. The molecule has 184 valence electrons. The van der Waals surface area contributed by atoms with Crippen LogP contribution in [0.4, 0.5) is 17.6 Å². The molecule has 0 fully saturated rings. The summed E-state index contributed by atoms with van der Waals surface area (Å²) in [6.45, 7) is 0.0751. The number of hydrogen-bond donors (Lipinski definition) is 2. The molecule has 0 spiro atoms. The van der Waals surface area contributed by atoms with Crippen molar-refractivity contribution in [3.63, 3.8) is 0 Å². The Bertz CT molecular complexity index is 1380. The normalized spacial score (nSPS) is 17.7. The summed E-state index contributed by atoms with van der Waals surface area (Å²) < 4.78 is 84.7. The molecule has 1 amide bonds. The number of nitrogens with two attached hydrogens (primary N) is 1. The first-order valence-electron chi connectivity index (χ1n) is 9.98. The third-order valence-corrected chi connectivity index (χ3v) is 6.26. The molecule has 1 unspecified atom stereocenters. The van der Waals surface area contributed by atoms with E-state index in [1.165, 1.54) is 24.4 Å². The zero-order valence-corrected chi connectivity index (χ0v) is 18.5. The maximum atomic E-state index is 14.6. The van der Waals surface area contributed by atoms with Crippen molar-refractivity contribution < 1.29 is 40.2 Å². The highest BCUT2D eigenvalue weighted by atomic mass is 32.2. The van der Waals surface area contributed by atoms with Gasteiger partial charge in [0.05, 0.1) is 11.5 Å². The molecule has 0 radical (unpaired) electrons. The van der Waals surface area contributed by atoms with Gasteiger partial charge in [-0.3, -0.25) is 9.78 Å². The number of primary sulfonamides is 1. The molecule has 1 aromatic heterocycles. The van der Waals surface area contributed by atoms with Crippen LogP contribution in [-0.2, 0) is 15.6 Å². The third kappa shape index (κ3) is 5.05. The van der Waals surface area contributed by atoms with Crippen LogP contribution in [0.2, 0.25) is 0 Å². The fraction of sp³-hybridized carbons (Fsp3) is 0.182. The van der Waals surface area contributed by atoms with Gasteiger partial charge >= 0.3 is 6.36 Å². The lowest BCUT2D eigenvalue weighted by atomic mass is 9.81. The van der Waals surface area contributed by atoms with Gasteiger partial charge in [-0.15, -0.1) is 13.2 Å². The number of nitrogens with zero attached hydrogens (tertiary/aromatic N) is 1. The molecule has 1 aliphatic rings. The molecule has 0 bridgehead atoms. The topological polar surface area (TPSA) is 121 Å². The first-order chi connectivity index (χ1) is 16.4. The number of benzene rings is 2. The Labute approximate surface area is 196 Å². The molecule has 1 atom stereocenters. The maximum absolute atomic E-state index is 14.6. The summed E-state index contributed by atoms with van der Waals surface area (Å²) in [5.74, 6) is -2.72. The molecule has 13 heteroatoms. The van der Waals surface area contributed by atoms with Crippen LogP contribution in [0.25, 0.3) is 0 Å². The van der Waals surface area contributed by atoms with Gasteiger partial charge in [0.1, 0.15) is 17.0 Å². The number of pyridine rings is 1. The van der Waals surface area contributed by atoms with Crippen LogP contribution in [0.3, 0.4) is 0 Å². The van der Waals surface area contributed by atoms with Gasteiger partial charge in [-0.25, -0.2) is 17.9 Å². The van der Waals surface area contributed by atoms with E-state index in [2.05, 4.69) is 15.0 Å². The summed E-state index contributed by atoms with van der Waals surface area (Å²) in [6.07, 6.45) is -3.60. The minimum absolute atomic E-state index is 0.0539. The predicted octanol–water partition coefficient (Wildman–Crippen LogP) is 3.22. The lowest BCUT2D eigenvalue weighted by molar-refractivity contribution is -0.275. The fourth-order valence-electron chi connectivity index (χ4n) is 3.77. The van der Waals surface area contributed by atoms with E-state index in [9.17, 15) is 30.8 Å². The molecule has 3 aromatic rings. The molecule has 4 rings (SSSR count). The summed E-state index contributed by atoms with van der Waals surface area (Å²) in [6, 6.07) is 10.8. The summed E-state index contributed by atoms with van der Waals surface area (Å²) in [7, 11) is -3.98. The largest absolute Gasteiger partial charge is 0.573 e. The van der Waals surface area contributed by atoms with Crippen molar-refractivity contribution in [1.29, 1.82) is 0 Å². The Morgan fingerprint density at radius 3 is 2.49 bits per heavy atom. The summed E-state index contributed by atoms with van der Waals surface area (Å²) in [5, 5.41) is 7.86. The van der Waals surface area contributed by atoms with E-state index in [-0.39, 0.29) is 34.7 Å². The van der Waals surface area contributed by atoms with Gasteiger partial charge in [-0.2, -0.15) is 0 Å². The Morgan fingerprint density at radius 2 is 1.86 bits per heavy atom. The van der Waals surface area contributed by atoms with Gasteiger partial charge in [-0.05, 0) is 54.1 Å². The van der Waals surface area contributed by atoms with Gasteiger partial charge in [0.25, 0.3) is 5.91 Å². The number of aromatic nitrogens is 1. The molecule has 3 N–H and O–H groups in total. The summed E-state index contributed by atoms with van der Waals surface area (Å²) in [4.78, 5) is 17.3. The van der Waals surface area contributed by atoms with Crippen molar-refractivity contribution in [2.45, 2.75) is 23.2 Å². The van der Waals surface area contributed by atoms with Gasteiger partial charge in [-0.1, -0.05) is 6.07 Å². The van der Waals surface area contributed by atoms with E-state index < -0.39 is 39.4 Å². The lowest BCUT2D eigenvalue weighted by Crippen LogP contribution is -2.50. The number of ether oxygens (including phenoxy) is 2. The molecule has 35 heavy (non-hydrogen) atoms. The molecular formula is C22H17F4N3O5S. The van der Waals surface area contributed by atoms with Crippen LogP contribution in [0.1, 0.15) is 28.0 Å². The second kappa shape index (κ2) is 8.82. The minimum atomic E-state index is -5.09. The van der Waals surface area contributed by atoms with Crippen molar-refractivity contribution in [3.8, 4) is 11.5 Å². The van der Waals surface area contributed by atoms with Gasteiger partial charge in [0, 0.05) is 18.2 Å². The number of carbonyl (C=O) groups excluding carboxylic acids is 1. The van der Waals surface area contributed by atoms with Crippen LogP contribution >= 0.6 is 0 Å². The van der Waals surface area contributed by atoms with Crippen molar-refractivity contribution in [2.24, 2.45) is 5.14 Å². The second-order valence-corrected chi connectivity index (χ2v) is 9.13. The number of sulfonamides is 1. The number of fused-ring (bicyclic) bond motifs is 1. The third-order valence-electron chi connectivity index (χ3n) is 5.33. The van der Waals surface area contributed by atoms with Gasteiger partial charge in [0.2, 0.25) is 10.0 Å². The molecule has 2 aromatic carbocycles. The lowest BCUT2D eigenvalue weighted by Gasteiger charge is -2.39. The average molecular weight is 511 g/mol. The number of alkyl halides is 3. The molecule has 8 nitrogen and oxygen atoms in total. The smallest absolute Gasteiger partial charge is 0.491 e. The molecule has 0 saturated carbocycles. The van der Waals surface area contributed by atoms with Crippen LogP contribution in [0.5, 0.6) is 11.5 Å². The SMILES string of the molecule is NS(=O)(=O)c1ccc(C(=O)NC2(c3ccc(OC(F)(F)F)c(F)c3)CCOc3cccnc32)cc1. The maximum Gasteiger partial charge on any atom is 0.573 e. The number of rotatable bonds is 5. The Balaban J connectivity index is 1.78. The Hall–Kier alpha value is -3.71. The number of nitrogens with one attached hydrogen (secondary N) is 1. The van der Waals surface area contributed by atoms with E-state index in [0.717, 1.165) is 24.3 Å². The van der Waals surface area contributed by atoms with Crippen LogP contribution in [0, 0.1) is 5.82 Å². The molecule has 0 aliphatic carbocycles. The summed E-state index contributed by atoms with van der Waals surface area (Å²) in [5.41, 5.74) is -1.12. The summed E-state index contributed by atoms with van der Waals surface area (Å²) >= 11 is 0. The zero-order chi connectivity index (χ0) is 25.4. The quantitative estimate of drug-likeness (QED) is 0.508. The molecule has 1 aliphatic heterocycles. The monoisotopic (exact) mass is 511 g/mol. The van der Waals surface area contributed by atoms with Crippen molar-refractivity contribution in [2.75, 3.05) is 6.61 Å². The number of amides is 1. The van der Waals surface area contributed by atoms with Crippen LogP contribution in [0.15, 0.2) is 65.7 Å². The zero-order valence-electron chi connectivity index (χ0n) is 17.7. The van der Waals surface area contributed by atoms with E-state index in [0.29, 0.717) is 5.75 Å². The number of halogens is 4.